The maximum atomic E-state index is 11.1. The minimum absolute atomic E-state index is 0.406. The van der Waals surface area contributed by atoms with Gasteiger partial charge in [0.15, 0.2) is 0 Å². The molecule has 4 N–H and O–H groups in total. The lowest BCUT2D eigenvalue weighted by Gasteiger charge is -2.13. The first kappa shape index (κ1) is 11.9. The molecule has 0 aromatic carbocycles. The largest absolute Gasteiger partial charge is 0.480 e. The van der Waals surface area contributed by atoms with Crippen LogP contribution in [-0.2, 0) is 9.59 Å². The second kappa shape index (κ2) is 5.53. The molecule has 0 radical (unpaired) electrons. The van der Waals surface area contributed by atoms with Gasteiger partial charge in [-0.1, -0.05) is 13.3 Å². The van der Waals surface area contributed by atoms with Crippen molar-refractivity contribution < 1.29 is 14.7 Å². The smallest absolute Gasteiger partial charge is 0.325 e. The molecular weight excluding hydrogens is 172 g/mol. The number of aliphatic carboxylic acids is 1. The Hall–Kier alpha value is -1.10. The van der Waals surface area contributed by atoms with Crippen molar-refractivity contribution in [1.82, 2.24) is 5.32 Å². The Morgan fingerprint density at radius 3 is 2.46 bits per heavy atom. The molecule has 0 saturated heterocycles. The summed E-state index contributed by atoms with van der Waals surface area (Å²) in [4.78, 5) is 21.5. The highest BCUT2D eigenvalue weighted by Gasteiger charge is 2.18. The first-order valence-corrected chi connectivity index (χ1v) is 4.27. The fraction of sp³-hybridized carbons (Fsp3) is 0.750. The molecule has 0 heterocycles. The summed E-state index contributed by atoms with van der Waals surface area (Å²) in [5.74, 6) is -1.46. The number of nitrogens with one attached hydrogen (secondary N) is 1. The average molecular weight is 188 g/mol. The summed E-state index contributed by atoms with van der Waals surface area (Å²) >= 11 is 0. The van der Waals surface area contributed by atoms with Crippen molar-refractivity contribution in [3.05, 3.63) is 0 Å². The summed E-state index contributed by atoms with van der Waals surface area (Å²) in [6, 6.07) is -1.48. The Bertz CT molecular complexity index is 194. The second-order valence-corrected chi connectivity index (χ2v) is 2.96. The Labute approximate surface area is 77.3 Å². The molecule has 0 rings (SSSR count). The van der Waals surface area contributed by atoms with Crippen LogP contribution in [0.5, 0.6) is 0 Å². The molecule has 0 spiro atoms. The van der Waals surface area contributed by atoms with Gasteiger partial charge >= 0.3 is 5.97 Å². The minimum Gasteiger partial charge on any atom is -0.480 e. The summed E-state index contributed by atoms with van der Waals surface area (Å²) in [7, 11) is 0. The van der Waals surface area contributed by atoms with E-state index in [1.165, 1.54) is 6.92 Å². The van der Waals surface area contributed by atoms with Crippen LogP contribution < -0.4 is 11.1 Å². The molecule has 5 heteroatoms. The average Bonchev–Trinajstić information content (AvgIpc) is 2.04. The Kier molecular flexibility index (Phi) is 5.06. The summed E-state index contributed by atoms with van der Waals surface area (Å²) in [6.45, 7) is 3.31. The van der Waals surface area contributed by atoms with Gasteiger partial charge in [-0.15, -0.1) is 0 Å². The van der Waals surface area contributed by atoms with E-state index in [2.05, 4.69) is 5.32 Å². The van der Waals surface area contributed by atoms with E-state index < -0.39 is 24.0 Å². The number of carbonyl (C=O) groups is 2. The van der Waals surface area contributed by atoms with E-state index >= 15 is 0 Å². The molecule has 0 aliphatic carbocycles. The van der Waals surface area contributed by atoms with E-state index in [1.807, 2.05) is 6.92 Å². The Morgan fingerprint density at radius 2 is 2.08 bits per heavy atom. The number of carboxylic acid groups (broad SMARTS) is 1. The van der Waals surface area contributed by atoms with Gasteiger partial charge in [-0.05, 0) is 13.3 Å². The first-order valence-electron chi connectivity index (χ1n) is 4.27. The summed E-state index contributed by atoms with van der Waals surface area (Å²) < 4.78 is 0. The number of amides is 1. The highest BCUT2D eigenvalue weighted by Crippen LogP contribution is 1.93. The van der Waals surface area contributed by atoms with Gasteiger partial charge in [0.25, 0.3) is 0 Å². The van der Waals surface area contributed by atoms with E-state index in [0.717, 1.165) is 6.42 Å². The zero-order chi connectivity index (χ0) is 10.4. The molecule has 0 aromatic rings. The molecule has 0 bridgehead atoms. The number of rotatable bonds is 5. The van der Waals surface area contributed by atoms with E-state index in [0.29, 0.717) is 6.42 Å². The number of carboxylic acids is 1. The van der Waals surface area contributed by atoms with Gasteiger partial charge in [0.05, 0.1) is 6.04 Å². The molecule has 13 heavy (non-hydrogen) atoms. The van der Waals surface area contributed by atoms with Crippen molar-refractivity contribution in [3.63, 3.8) is 0 Å². The predicted molar refractivity (Wildman–Crippen MR) is 48.1 cm³/mol. The molecule has 0 aliphatic rings. The van der Waals surface area contributed by atoms with E-state index in [9.17, 15) is 9.59 Å². The summed E-state index contributed by atoms with van der Waals surface area (Å²) in [6.07, 6.45) is 1.37. The molecule has 0 unspecified atom stereocenters. The van der Waals surface area contributed by atoms with E-state index in [4.69, 9.17) is 10.8 Å². The highest BCUT2D eigenvalue weighted by atomic mass is 16.4. The quantitative estimate of drug-likeness (QED) is 0.552. The maximum Gasteiger partial charge on any atom is 0.325 e. The molecule has 0 aromatic heterocycles. The standard InChI is InChI=1S/C8H16N2O3/c1-3-4-6(9)7(11)10-5(2)8(12)13/h5-6H,3-4,9H2,1-2H3,(H,10,11)(H,12,13)/t5-,6+/m1/s1. The normalized spacial score (nSPS) is 14.7. The number of hydrogen-bond donors (Lipinski definition) is 3. The van der Waals surface area contributed by atoms with Crippen molar-refractivity contribution in [2.24, 2.45) is 5.73 Å². The molecule has 0 aliphatic heterocycles. The van der Waals surface area contributed by atoms with Gasteiger partial charge in [0.2, 0.25) is 5.91 Å². The van der Waals surface area contributed by atoms with Gasteiger partial charge in [-0.2, -0.15) is 0 Å². The molecule has 0 saturated carbocycles. The SMILES string of the molecule is CCC[C@H](N)C(=O)N[C@H](C)C(=O)O. The maximum absolute atomic E-state index is 11.1. The Morgan fingerprint density at radius 1 is 1.54 bits per heavy atom. The van der Waals surface area contributed by atoms with Crippen LogP contribution >= 0.6 is 0 Å². The lowest BCUT2D eigenvalue weighted by Crippen LogP contribution is -2.47. The van der Waals surface area contributed by atoms with E-state index in [-0.39, 0.29) is 0 Å². The summed E-state index contributed by atoms with van der Waals surface area (Å²) in [5.41, 5.74) is 5.47. The zero-order valence-electron chi connectivity index (χ0n) is 7.91. The zero-order valence-corrected chi connectivity index (χ0v) is 7.91. The van der Waals surface area contributed by atoms with Gasteiger partial charge in [-0.3, -0.25) is 9.59 Å². The van der Waals surface area contributed by atoms with Crippen LogP contribution in [0.2, 0.25) is 0 Å². The molecule has 1 amide bonds. The van der Waals surface area contributed by atoms with Crippen LogP contribution in [0.3, 0.4) is 0 Å². The van der Waals surface area contributed by atoms with Gasteiger partial charge in [0, 0.05) is 0 Å². The van der Waals surface area contributed by atoms with Crippen LogP contribution in [0.4, 0.5) is 0 Å². The third-order valence-corrected chi connectivity index (χ3v) is 1.67. The topological polar surface area (TPSA) is 92.4 Å². The van der Waals surface area contributed by atoms with Crippen LogP contribution in [-0.4, -0.2) is 29.1 Å². The second-order valence-electron chi connectivity index (χ2n) is 2.96. The van der Waals surface area contributed by atoms with Crippen LogP contribution in [0.25, 0.3) is 0 Å². The number of carbonyl (C=O) groups excluding carboxylic acids is 1. The molecular formula is C8H16N2O3. The molecule has 5 nitrogen and oxygen atoms in total. The molecule has 76 valence electrons. The van der Waals surface area contributed by atoms with E-state index in [1.54, 1.807) is 0 Å². The van der Waals surface area contributed by atoms with Crippen molar-refractivity contribution in [2.45, 2.75) is 38.8 Å². The lowest BCUT2D eigenvalue weighted by atomic mass is 10.1. The van der Waals surface area contributed by atoms with Crippen molar-refractivity contribution >= 4 is 11.9 Å². The highest BCUT2D eigenvalue weighted by molar-refractivity contribution is 5.86. The van der Waals surface area contributed by atoms with Gasteiger partial charge in [0.1, 0.15) is 6.04 Å². The lowest BCUT2D eigenvalue weighted by molar-refractivity contribution is -0.141. The fourth-order valence-corrected chi connectivity index (χ4v) is 0.824. The van der Waals surface area contributed by atoms with Crippen molar-refractivity contribution in [1.29, 1.82) is 0 Å². The fourth-order valence-electron chi connectivity index (χ4n) is 0.824. The third kappa shape index (κ3) is 4.47. The van der Waals surface area contributed by atoms with Crippen LogP contribution in [0.1, 0.15) is 26.7 Å². The predicted octanol–water partition coefficient (Wildman–Crippen LogP) is -0.297. The van der Waals surface area contributed by atoms with Crippen molar-refractivity contribution in [3.8, 4) is 0 Å². The molecule has 0 fully saturated rings. The monoisotopic (exact) mass is 188 g/mol. The summed E-state index contributed by atoms with van der Waals surface area (Å²) in [5, 5.41) is 10.8. The van der Waals surface area contributed by atoms with Crippen LogP contribution in [0, 0.1) is 0 Å². The first-order chi connectivity index (χ1) is 5.99. The minimum atomic E-state index is -1.06. The third-order valence-electron chi connectivity index (χ3n) is 1.67. The Balaban J connectivity index is 3.92. The van der Waals surface area contributed by atoms with Gasteiger partial charge < -0.3 is 16.2 Å². The molecule has 2 atom stereocenters. The number of nitrogens with two attached hydrogens (primary N) is 1. The number of hydrogen-bond acceptors (Lipinski definition) is 3. The van der Waals surface area contributed by atoms with Gasteiger partial charge in [-0.25, -0.2) is 0 Å². The van der Waals surface area contributed by atoms with Crippen LogP contribution in [0.15, 0.2) is 0 Å². The van der Waals surface area contributed by atoms with Crippen molar-refractivity contribution in [2.75, 3.05) is 0 Å².